The molecule has 2 aromatic rings. The second-order valence-corrected chi connectivity index (χ2v) is 8.20. The number of hydrogen-bond donors (Lipinski definition) is 2. The van der Waals surface area contributed by atoms with Crippen molar-refractivity contribution in [2.75, 3.05) is 23.7 Å². The van der Waals surface area contributed by atoms with Crippen molar-refractivity contribution in [3.05, 3.63) is 65.2 Å². The zero-order chi connectivity index (χ0) is 18.6. The highest BCUT2D eigenvalue weighted by molar-refractivity contribution is 7.89. The lowest BCUT2D eigenvalue weighted by atomic mass is 9.99. The first-order valence-corrected chi connectivity index (χ1v) is 10.3. The number of amides is 1. The molecule has 26 heavy (non-hydrogen) atoms. The van der Waals surface area contributed by atoms with E-state index in [-0.39, 0.29) is 18.2 Å². The molecule has 0 spiro atoms. The summed E-state index contributed by atoms with van der Waals surface area (Å²) >= 11 is 0. The summed E-state index contributed by atoms with van der Waals surface area (Å²) in [5, 5.41) is 7.65. The van der Waals surface area contributed by atoms with Gasteiger partial charge in [0.15, 0.2) is 0 Å². The van der Waals surface area contributed by atoms with Crippen LogP contribution >= 0.6 is 0 Å². The summed E-state index contributed by atoms with van der Waals surface area (Å²) in [4.78, 5) is 14.4. The van der Waals surface area contributed by atoms with Crippen LogP contribution in [0.1, 0.15) is 27.9 Å². The second kappa shape index (κ2) is 7.88. The average molecular weight is 373 g/mol. The summed E-state index contributed by atoms with van der Waals surface area (Å²) in [5.74, 6) is -0.349. The topological polar surface area (TPSA) is 92.5 Å². The van der Waals surface area contributed by atoms with Crippen molar-refractivity contribution in [1.82, 2.24) is 5.32 Å². The fourth-order valence-electron chi connectivity index (χ4n) is 3.12. The van der Waals surface area contributed by atoms with Crippen molar-refractivity contribution in [1.29, 1.82) is 0 Å². The molecule has 0 saturated heterocycles. The molecule has 7 heteroatoms. The molecule has 1 aliphatic rings. The predicted octanol–water partition coefficient (Wildman–Crippen LogP) is 1.66. The minimum atomic E-state index is -3.48. The standard InChI is InChI=1S/C19H23N3O3S/c20-26(24,25)13-3-11-21-19(23)16-6-8-18(9-7-16)22-12-10-15-4-1-2-5-17(15)14-22/h1-2,4-9H,3,10-14H2,(H,21,23)(H2,20,24,25). The highest BCUT2D eigenvalue weighted by Gasteiger charge is 2.16. The molecule has 3 rings (SSSR count). The van der Waals surface area contributed by atoms with Gasteiger partial charge in [-0.1, -0.05) is 24.3 Å². The molecule has 0 bridgehead atoms. The minimum absolute atomic E-state index is 0.136. The second-order valence-electron chi connectivity index (χ2n) is 6.46. The quantitative estimate of drug-likeness (QED) is 0.753. The number of nitrogens with two attached hydrogens (primary N) is 1. The third-order valence-corrected chi connectivity index (χ3v) is 5.37. The van der Waals surface area contributed by atoms with E-state index in [2.05, 4.69) is 34.5 Å². The molecule has 3 N–H and O–H groups in total. The zero-order valence-electron chi connectivity index (χ0n) is 14.5. The molecular weight excluding hydrogens is 350 g/mol. The van der Waals surface area contributed by atoms with Gasteiger partial charge in [-0.05, 0) is 48.2 Å². The Balaban J connectivity index is 1.56. The van der Waals surface area contributed by atoms with Crippen molar-refractivity contribution < 1.29 is 13.2 Å². The number of carbonyl (C=O) groups is 1. The van der Waals surface area contributed by atoms with Crippen molar-refractivity contribution in [3.63, 3.8) is 0 Å². The fourth-order valence-corrected chi connectivity index (χ4v) is 3.66. The molecule has 0 saturated carbocycles. The van der Waals surface area contributed by atoms with Crippen LogP contribution in [0.4, 0.5) is 5.69 Å². The normalized spacial score (nSPS) is 14.0. The molecule has 1 aliphatic heterocycles. The van der Waals surface area contributed by atoms with E-state index in [9.17, 15) is 13.2 Å². The summed E-state index contributed by atoms with van der Waals surface area (Å²) in [6.07, 6.45) is 1.32. The maximum absolute atomic E-state index is 12.1. The van der Waals surface area contributed by atoms with Crippen molar-refractivity contribution in [2.24, 2.45) is 5.14 Å². The number of fused-ring (bicyclic) bond motifs is 1. The maximum Gasteiger partial charge on any atom is 0.251 e. The van der Waals surface area contributed by atoms with Crippen LogP contribution in [0.25, 0.3) is 0 Å². The van der Waals surface area contributed by atoms with Crippen LogP contribution in [0.15, 0.2) is 48.5 Å². The molecule has 1 heterocycles. The number of primary sulfonamides is 1. The van der Waals surface area contributed by atoms with E-state index in [1.54, 1.807) is 12.1 Å². The minimum Gasteiger partial charge on any atom is -0.367 e. The van der Waals surface area contributed by atoms with Gasteiger partial charge in [-0.15, -0.1) is 0 Å². The summed E-state index contributed by atoms with van der Waals surface area (Å²) < 4.78 is 21.7. The summed E-state index contributed by atoms with van der Waals surface area (Å²) in [6.45, 7) is 2.10. The van der Waals surface area contributed by atoms with Crippen LogP contribution < -0.4 is 15.4 Å². The van der Waals surface area contributed by atoms with E-state index in [0.29, 0.717) is 12.0 Å². The van der Waals surface area contributed by atoms with E-state index in [4.69, 9.17) is 5.14 Å². The van der Waals surface area contributed by atoms with Crippen molar-refractivity contribution in [3.8, 4) is 0 Å². The van der Waals surface area contributed by atoms with E-state index in [1.807, 2.05) is 12.1 Å². The number of rotatable bonds is 6. The fraction of sp³-hybridized carbons (Fsp3) is 0.316. The Labute approximate surface area is 154 Å². The van der Waals surface area contributed by atoms with Crippen LogP contribution in [-0.4, -0.2) is 33.2 Å². The molecule has 6 nitrogen and oxygen atoms in total. The number of sulfonamides is 1. The first-order valence-electron chi connectivity index (χ1n) is 8.63. The van der Waals surface area contributed by atoms with Crippen LogP contribution in [-0.2, 0) is 23.0 Å². The largest absolute Gasteiger partial charge is 0.367 e. The summed E-state index contributed by atoms with van der Waals surface area (Å²) in [6, 6.07) is 16.0. The average Bonchev–Trinajstić information content (AvgIpc) is 2.64. The van der Waals surface area contributed by atoms with Gasteiger partial charge >= 0.3 is 0 Å². The molecule has 0 aliphatic carbocycles. The first-order chi connectivity index (χ1) is 12.4. The molecule has 0 radical (unpaired) electrons. The Morgan fingerprint density at radius 3 is 2.46 bits per heavy atom. The molecule has 2 aromatic carbocycles. The SMILES string of the molecule is NS(=O)(=O)CCCNC(=O)c1ccc(N2CCc3ccccc3C2)cc1. The predicted molar refractivity (Wildman–Crippen MR) is 103 cm³/mol. The molecule has 1 amide bonds. The number of carbonyl (C=O) groups excluding carboxylic acids is 1. The molecule has 0 unspecified atom stereocenters. The highest BCUT2D eigenvalue weighted by Crippen LogP contribution is 2.24. The lowest BCUT2D eigenvalue weighted by Gasteiger charge is -2.30. The molecule has 0 fully saturated rings. The van der Waals surface area contributed by atoms with E-state index in [0.717, 1.165) is 25.2 Å². The summed E-state index contributed by atoms with van der Waals surface area (Å²) in [5.41, 5.74) is 4.39. The Morgan fingerprint density at radius 2 is 1.77 bits per heavy atom. The van der Waals surface area contributed by atoms with Gasteiger partial charge in [0.25, 0.3) is 5.91 Å². The van der Waals surface area contributed by atoms with E-state index >= 15 is 0 Å². The summed E-state index contributed by atoms with van der Waals surface area (Å²) in [7, 11) is -3.48. The van der Waals surface area contributed by atoms with Crippen LogP contribution in [0, 0.1) is 0 Å². The van der Waals surface area contributed by atoms with Gasteiger partial charge in [0.1, 0.15) is 0 Å². The van der Waals surface area contributed by atoms with Gasteiger partial charge in [-0.2, -0.15) is 0 Å². The molecular formula is C19H23N3O3S. The number of benzene rings is 2. The molecule has 0 atom stereocenters. The lowest BCUT2D eigenvalue weighted by molar-refractivity contribution is 0.0953. The van der Waals surface area contributed by atoms with Crippen molar-refractivity contribution in [2.45, 2.75) is 19.4 Å². The third-order valence-electron chi connectivity index (χ3n) is 4.52. The van der Waals surface area contributed by atoms with Gasteiger partial charge in [-0.25, -0.2) is 13.6 Å². The lowest BCUT2D eigenvalue weighted by Crippen LogP contribution is -2.30. The Kier molecular flexibility index (Phi) is 5.58. The van der Waals surface area contributed by atoms with Crippen molar-refractivity contribution >= 4 is 21.6 Å². The Bertz CT molecular complexity index is 879. The van der Waals surface area contributed by atoms with Gasteiger partial charge < -0.3 is 10.2 Å². The van der Waals surface area contributed by atoms with Gasteiger partial charge in [0.05, 0.1) is 5.75 Å². The number of nitrogens with zero attached hydrogens (tertiary/aromatic N) is 1. The maximum atomic E-state index is 12.1. The molecule has 138 valence electrons. The third kappa shape index (κ3) is 4.83. The first kappa shape index (κ1) is 18.4. The van der Waals surface area contributed by atoms with Crippen LogP contribution in [0.3, 0.4) is 0 Å². The highest BCUT2D eigenvalue weighted by atomic mass is 32.2. The number of hydrogen-bond acceptors (Lipinski definition) is 4. The number of anilines is 1. The van der Waals surface area contributed by atoms with Crippen LogP contribution in [0.2, 0.25) is 0 Å². The van der Waals surface area contributed by atoms with Gasteiger partial charge in [-0.3, -0.25) is 4.79 Å². The monoisotopic (exact) mass is 373 g/mol. The van der Waals surface area contributed by atoms with Gasteiger partial charge in [0.2, 0.25) is 10.0 Å². The number of nitrogens with one attached hydrogen (secondary N) is 1. The Hall–Kier alpha value is -2.38. The van der Waals surface area contributed by atoms with Crippen LogP contribution in [0.5, 0.6) is 0 Å². The smallest absolute Gasteiger partial charge is 0.251 e. The van der Waals surface area contributed by atoms with E-state index < -0.39 is 10.0 Å². The zero-order valence-corrected chi connectivity index (χ0v) is 15.3. The van der Waals surface area contributed by atoms with Gasteiger partial charge in [0, 0.05) is 30.9 Å². The Morgan fingerprint density at radius 1 is 1.08 bits per heavy atom. The van der Waals surface area contributed by atoms with E-state index in [1.165, 1.54) is 11.1 Å². The molecule has 0 aromatic heterocycles.